The van der Waals surface area contributed by atoms with Gasteiger partial charge in [-0.1, -0.05) is 48.0 Å². The van der Waals surface area contributed by atoms with E-state index in [0.717, 1.165) is 16.7 Å². The average molecular weight is 450 g/mol. The van der Waals surface area contributed by atoms with Crippen molar-refractivity contribution >= 4 is 23.3 Å². The third-order valence-electron chi connectivity index (χ3n) is 5.77. The molecule has 1 saturated heterocycles. The van der Waals surface area contributed by atoms with E-state index in [-0.39, 0.29) is 36.8 Å². The smallest absolute Gasteiger partial charge is 0.254 e. The first-order chi connectivity index (χ1) is 15.4. The molecule has 1 heterocycles. The molecular weight excluding hydrogens is 426 g/mol. The number of phenols is 1. The number of Topliss-reactive ketones (excluding diaryl/α,β-unsaturated/α-hetero) is 1. The number of hydrogen-bond donors (Lipinski definition) is 2. The fourth-order valence-corrected chi connectivity index (χ4v) is 4.24. The quantitative estimate of drug-likeness (QED) is 0.581. The summed E-state index contributed by atoms with van der Waals surface area (Å²) in [5.41, 5.74) is 3.02. The van der Waals surface area contributed by atoms with Crippen molar-refractivity contribution in [2.24, 2.45) is 0 Å². The van der Waals surface area contributed by atoms with E-state index in [0.29, 0.717) is 17.0 Å². The summed E-state index contributed by atoms with van der Waals surface area (Å²) in [6.45, 7) is 0.131. The number of amides is 1. The van der Waals surface area contributed by atoms with Gasteiger partial charge in [-0.15, -0.1) is 0 Å². The van der Waals surface area contributed by atoms with Crippen LogP contribution < -0.4 is 0 Å². The van der Waals surface area contributed by atoms with Crippen molar-refractivity contribution < 1.29 is 19.8 Å². The topological polar surface area (TPSA) is 77.8 Å². The lowest BCUT2D eigenvalue weighted by Gasteiger charge is -2.24. The molecule has 0 unspecified atom stereocenters. The van der Waals surface area contributed by atoms with Crippen LogP contribution in [0.25, 0.3) is 11.1 Å². The predicted octanol–water partition coefficient (Wildman–Crippen LogP) is 4.49. The van der Waals surface area contributed by atoms with E-state index < -0.39 is 12.1 Å². The number of aryl methyl sites for hydroxylation is 1. The van der Waals surface area contributed by atoms with E-state index in [2.05, 4.69) is 0 Å². The molecule has 2 atom stereocenters. The second-order valence-corrected chi connectivity index (χ2v) is 8.52. The molecule has 5 nitrogen and oxygen atoms in total. The Kier molecular flexibility index (Phi) is 6.58. The number of phenolic OH excluding ortho intramolecular Hbond substituents is 1. The third-order valence-corrected chi connectivity index (χ3v) is 6.03. The minimum Gasteiger partial charge on any atom is -0.508 e. The summed E-state index contributed by atoms with van der Waals surface area (Å²) in [5.74, 6) is -0.198. The Morgan fingerprint density at radius 3 is 2.38 bits per heavy atom. The van der Waals surface area contributed by atoms with E-state index >= 15 is 0 Å². The fourth-order valence-electron chi connectivity index (χ4n) is 4.11. The minimum atomic E-state index is -0.724. The third kappa shape index (κ3) is 5.01. The van der Waals surface area contributed by atoms with Crippen LogP contribution in [0.2, 0.25) is 5.02 Å². The summed E-state index contributed by atoms with van der Waals surface area (Å²) >= 11 is 5.91. The van der Waals surface area contributed by atoms with E-state index in [4.69, 9.17) is 11.6 Å². The maximum Gasteiger partial charge on any atom is 0.254 e. The number of halogens is 1. The fraction of sp³-hybridized carbons (Fsp3) is 0.231. The van der Waals surface area contributed by atoms with Gasteiger partial charge in [0.25, 0.3) is 5.91 Å². The largest absolute Gasteiger partial charge is 0.508 e. The van der Waals surface area contributed by atoms with Crippen LogP contribution in [-0.4, -0.2) is 45.5 Å². The van der Waals surface area contributed by atoms with Gasteiger partial charge in [0.15, 0.2) is 5.78 Å². The highest BCUT2D eigenvalue weighted by atomic mass is 35.5. The predicted molar refractivity (Wildman–Crippen MR) is 124 cm³/mol. The van der Waals surface area contributed by atoms with Gasteiger partial charge in [0, 0.05) is 30.0 Å². The number of β-amino-alcohol motifs (C(OH)–C–C–N with tert-alkyl or cyclic N) is 1. The van der Waals surface area contributed by atoms with Crippen LogP contribution in [0.4, 0.5) is 0 Å². The van der Waals surface area contributed by atoms with Crippen molar-refractivity contribution in [3.8, 4) is 16.9 Å². The van der Waals surface area contributed by atoms with Crippen LogP contribution in [-0.2, 0) is 11.2 Å². The summed E-state index contributed by atoms with van der Waals surface area (Å²) < 4.78 is 0. The monoisotopic (exact) mass is 449 g/mol. The Hall–Kier alpha value is -3.15. The molecule has 0 aromatic heterocycles. The highest BCUT2D eigenvalue weighted by Gasteiger charge is 2.38. The Morgan fingerprint density at radius 2 is 1.66 bits per heavy atom. The van der Waals surface area contributed by atoms with Crippen LogP contribution in [0, 0.1) is 0 Å². The zero-order valence-electron chi connectivity index (χ0n) is 17.4. The number of hydrogen-bond acceptors (Lipinski definition) is 4. The molecule has 3 aromatic carbocycles. The number of nitrogens with zero attached hydrogens (tertiary/aromatic N) is 1. The summed E-state index contributed by atoms with van der Waals surface area (Å²) in [6.07, 6.45) is 0.360. The second kappa shape index (κ2) is 9.55. The Bertz CT molecular complexity index is 1130. The number of aliphatic hydroxyl groups is 1. The molecule has 0 bridgehead atoms. The first kappa shape index (κ1) is 22.1. The van der Waals surface area contributed by atoms with Gasteiger partial charge in [-0.2, -0.15) is 0 Å². The number of rotatable bonds is 6. The highest BCUT2D eigenvalue weighted by molar-refractivity contribution is 6.30. The maximum atomic E-state index is 13.3. The Labute approximate surface area is 191 Å². The van der Waals surface area contributed by atoms with Gasteiger partial charge in [-0.3, -0.25) is 9.59 Å². The van der Waals surface area contributed by atoms with Crippen molar-refractivity contribution in [2.75, 3.05) is 6.54 Å². The molecule has 2 N–H and O–H groups in total. The van der Waals surface area contributed by atoms with Gasteiger partial charge in [0.1, 0.15) is 5.75 Å². The molecule has 6 heteroatoms. The van der Waals surface area contributed by atoms with Gasteiger partial charge < -0.3 is 15.1 Å². The minimum absolute atomic E-state index is 0.0611. The molecule has 0 aliphatic carbocycles. The van der Waals surface area contributed by atoms with Crippen LogP contribution in [0.15, 0.2) is 72.8 Å². The Morgan fingerprint density at radius 1 is 0.969 bits per heavy atom. The van der Waals surface area contributed by atoms with E-state index in [1.165, 1.54) is 4.90 Å². The average Bonchev–Trinajstić information content (AvgIpc) is 3.20. The molecule has 0 radical (unpaired) electrons. The molecule has 1 amide bonds. The molecule has 1 aliphatic heterocycles. The highest BCUT2D eigenvalue weighted by Crippen LogP contribution is 2.27. The van der Waals surface area contributed by atoms with Gasteiger partial charge in [0.05, 0.1) is 12.1 Å². The molecular formula is C26H24ClNO4. The second-order valence-electron chi connectivity index (χ2n) is 8.09. The summed E-state index contributed by atoms with van der Waals surface area (Å²) in [5, 5.41) is 20.6. The van der Waals surface area contributed by atoms with Gasteiger partial charge in [0.2, 0.25) is 0 Å². The van der Waals surface area contributed by atoms with Crippen molar-refractivity contribution in [1.29, 1.82) is 0 Å². The number of benzene rings is 3. The first-order valence-corrected chi connectivity index (χ1v) is 10.9. The summed E-state index contributed by atoms with van der Waals surface area (Å²) in [6, 6.07) is 20.6. The van der Waals surface area contributed by atoms with Crippen LogP contribution in [0.5, 0.6) is 5.75 Å². The van der Waals surface area contributed by atoms with E-state index in [9.17, 15) is 19.8 Å². The molecule has 164 valence electrons. The zero-order chi connectivity index (χ0) is 22.7. The number of likely N-dealkylation sites (tertiary alicyclic amines) is 1. The van der Waals surface area contributed by atoms with Crippen molar-refractivity contribution in [2.45, 2.75) is 31.4 Å². The number of carbonyl (C=O) groups is 2. The van der Waals surface area contributed by atoms with Crippen molar-refractivity contribution in [3.63, 3.8) is 0 Å². The molecule has 0 spiro atoms. The van der Waals surface area contributed by atoms with E-state index in [1.807, 2.05) is 24.3 Å². The lowest BCUT2D eigenvalue weighted by molar-refractivity contribution is -0.122. The van der Waals surface area contributed by atoms with Crippen LogP contribution in [0.1, 0.15) is 28.8 Å². The SMILES string of the molecule is O=C(CCc1ccc(Cl)cc1)[C@@H]1C[C@@H](O)CN1C(=O)c1cccc(-c2cccc(O)c2)c1. The van der Waals surface area contributed by atoms with E-state index in [1.54, 1.807) is 48.5 Å². The lowest BCUT2D eigenvalue weighted by Crippen LogP contribution is -2.40. The number of aromatic hydroxyl groups is 1. The van der Waals surface area contributed by atoms with Gasteiger partial charge in [-0.05, 0) is 59.5 Å². The first-order valence-electron chi connectivity index (χ1n) is 10.6. The molecule has 3 aromatic rings. The van der Waals surface area contributed by atoms with Crippen LogP contribution in [0.3, 0.4) is 0 Å². The number of aliphatic hydroxyl groups excluding tert-OH is 1. The zero-order valence-corrected chi connectivity index (χ0v) is 18.2. The van der Waals surface area contributed by atoms with Crippen molar-refractivity contribution in [3.05, 3.63) is 88.9 Å². The maximum absolute atomic E-state index is 13.3. The van der Waals surface area contributed by atoms with Gasteiger partial charge in [-0.25, -0.2) is 0 Å². The van der Waals surface area contributed by atoms with Crippen LogP contribution >= 0.6 is 11.6 Å². The number of ketones is 1. The molecule has 1 fully saturated rings. The lowest BCUT2D eigenvalue weighted by atomic mass is 10.00. The summed E-state index contributed by atoms with van der Waals surface area (Å²) in [7, 11) is 0. The van der Waals surface area contributed by atoms with Gasteiger partial charge >= 0.3 is 0 Å². The molecule has 32 heavy (non-hydrogen) atoms. The standard InChI is InChI=1S/C26H24ClNO4/c27-21-10-7-17(8-11-21)9-12-25(31)24-15-23(30)16-28(24)26(32)20-5-1-3-18(13-20)19-4-2-6-22(29)14-19/h1-8,10-11,13-14,23-24,29-30H,9,12,15-16H2/t23-,24+/m1/s1. The van der Waals surface area contributed by atoms with Crippen molar-refractivity contribution in [1.82, 2.24) is 4.90 Å². The normalized spacial score (nSPS) is 18.0. The number of carbonyl (C=O) groups excluding carboxylic acids is 2. The Balaban J connectivity index is 1.50. The molecule has 0 saturated carbocycles. The summed E-state index contributed by atoms with van der Waals surface area (Å²) in [4.78, 5) is 27.7. The molecule has 1 aliphatic rings. The molecule has 4 rings (SSSR count).